The van der Waals surface area contributed by atoms with Crippen LogP contribution in [0.15, 0.2) is 12.3 Å². The molecule has 5 heteroatoms. The quantitative estimate of drug-likeness (QED) is 0.862. The number of carbonyl (C=O) groups excluding carboxylic acids is 1. The Labute approximate surface area is 132 Å². The van der Waals surface area contributed by atoms with Crippen molar-refractivity contribution in [3.8, 4) is 0 Å². The van der Waals surface area contributed by atoms with Crippen LogP contribution in [0.1, 0.15) is 63.0 Å². The monoisotopic (exact) mass is 305 g/mol. The lowest BCUT2D eigenvalue weighted by atomic mass is 9.71. The molecule has 0 spiro atoms. The van der Waals surface area contributed by atoms with Gasteiger partial charge in [0.2, 0.25) is 0 Å². The van der Waals surface area contributed by atoms with Crippen molar-refractivity contribution in [1.82, 2.24) is 14.7 Å². The normalized spacial score (nSPS) is 31.6. The maximum atomic E-state index is 13.0. The molecule has 1 aliphatic carbocycles. The minimum Gasteiger partial charge on any atom is -0.381 e. The van der Waals surface area contributed by atoms with Gasteiger partial charge in [0.25, 0.3) is 5.91 Å². The third-order valence-corrected chi connectivity index (χ3v) is 5.53. The predicted octanol–water partition coefficient (Wildman–Crippen LogP) is 2.88. The molecule has 1 aromatic rings. The minimum atomic E-state index is 0.135. The number of nitrogens with zero attached hydrogens (tertiary/aromatic N) is 3. The summed E-state index contributed by atoms with van der Waals surface area (Å²) in [6.07, 6.45) is 6.28. The summed E-state index contributed by atoms with van der Waals surface area (Å²) in [4.78, 5) is 15.1. The van der Waals surface area contributed by atoms with Crippen LogP contribution in [0.5, 0.6) is 0 Å². The van der Waals surface area contributed by atoms with Crippen molar-refractivity contribution in [3.63, 3.8) is 0 Å². The van der Waals surface area contributed by atoms with E-state index in [0.717, 1.165) is 32.2 Å². The fourth-order valence-electron chi connectivity index (χ4n) is 4.27. The SMILES string of the molecule is CO[C@@H]1CC[C@H]2N(C(=O)c3ccnn3C(C)C)CC[C@@]2(C)C1. The number of hydrogen-bond donors (Lipinski definition) is 0. The highest BCUT2D eigenvalue weighted by molar-refractivity contribution is 5.93. The van der Waals surface area contributed by atoms with Gasteiger partial charge in [0, 0.05) is 31.9 Å². The van der Waals surface area contributed by atoms with Crippen LogP contribution < -0.4 is 0 Å². The summed E-state index contributed by atoms with van der Waals surface area (Å²) in [5.74, 6) is 0.135. The Morgan fingerprint density at radius 1 is 1.45 bits per heavy atom. The summed E-state index contributed by atoms with van der Waals surface area (Å²) in [5, 5.41) is 4.30. The van der Waals surface area contributed by atoms with Gasteiger partial charge >= 0.3 is 0 Å². The van der Waals surface area contributed by atoms with Crippen molar-refractivity contribution < 1.29 is 9.53 Å². The Bertz CT molecular complexity index is 554. The van der Waals surface area contributed by atoms with Crippen LogP contribution in [0.2, 0.25) is 0 Å². The third-order valence-electron chi connectivity index (χ3n) is 5.53. The van der Waals surface area contributed by atoms with E-state index in [2.05, 4.69) is 30.8 Å². The van der Waals surface area contributed by atoms with Gasteiger partial charge in [-0.2, -0.15) is 5.10 Å². The van der Waals surface area contributed by atoms with E-state index in [1.54, 1.807) is 13.3 Å². The molecule has 0 aromatic carbocycles. The van der Waals surface area contributed by atoms with E-state index in [-0.39, 0.29) is 17.4 Å². The van der Waals surface area contributed by atoms with Gasteiger partial charge < -0.3 is 9.64 Å². The largest absolute Gasteiger partial charge is 0.381 e. The number of fused-ring (bicyclic) bond motifs is 1. The molecule has 2 heterocycles. The highest BCUT2D eigenvalue weighted by Crippen LogP contribution is 2.47. The lowest BCUT2D eigenvalue weighted by Gasteiger charge is -2.42. The molecule has 5 nitrogen and oxygen atoms in total. The first-order valence-corrected chi connectivity index (χ1v) is 8.33. The van der Waals surface area contributed by atoms with Gasteiger partial charge in [-0.05, 0) is 51.0 Å². The van der Waals surface area contributed by atoms with E-state index in [4.69, 9.17) is 4.74 Å². The summed E-state index contributed by atoms with van der Waals surface area (Å²) in [6, 6.07) is 2.38. The molecule has 0 bridgehead atoms. The molecule has 2 fully saturated rings. The van der Waals surface area contributed by atoms with E-state index in [1.165, 1.54) is 0 Å². The first-order chi connectivity index (χ1) is 10.5. The van der Waals surface area contributed by atoms with Crippen LogP contribution in [-0.2, 0) is 4.74 Å². The van der Waals surface area contributed by atoms with E-state index < -0.39 is 0 Å². The summed E-state index contributed by atoms with van der Waals surface area (Å²) in [7, 11) is 1.80. The van der Waals surface area contributed by atoms with Crippen LogP contribution in [0, 0.1) is 5.41 Å². The summed E-state index contributed by atoms with van der Waals surface area (Å²) in [6.45, 7) is 7.28. The molecular weight excluding hydrogens is 278 g/mol. The number of carbonyl (C=O) groups is 1. The van der Waals surface area contributed by atoms with Gasteiger partial charge in [0.1, 0.15) is 5.69 Å². The summed E-state index contributed by atoms with van der Waals surface area (Å²) >= 11 is 0. The van der Waals surface area contributed by atoms with Gasteiger partial charge in [-0.25, -0.2) is 0 Å². The van der Waals surface area contributed by atoms with Crippen molar-refractivity contribution in [2.75, 3.05) is 13.7 Å². The molecule has 1 aromatic heterocycles. The van der Waals surface area contributed by atoms with E-state index in [9.17, 15) is 4.79 Å². The second-order valence-corrected chi connectivity index (χ2v) is 7.31. The van der Waals surface area contributed by atoms with Crippen LogP contribution in [0.3, 0.4) is 0 Å². The number of rotatable bonds is 3. The smallest absolute Gasteiger partial charge is 0.272 e. The molecule has 1 saturated heterocycles. The number of hydrogen-bond acceptors (Lipinski definition) is 3. The number of methoxy groups -OCH3 is 1. The van der Waals surface area contributed by atoms with Gasteiger partial charge in [-0.1, -0.05) is 6.92 Å². The molecule has 3 atom stereocenters. The highest BCUT2D eigenvalue weighted by atomic mass is 16.5. The Kier molecular flexibility index (Phi) is 4.02. The van der Waals surface area contributed by atoms with Crippen molar-refractivity contribution in [2.45, 2.75) is 64.6 Å². The Balaban J connectivity index is 1.82. The van der Waals surface area contributed by atoms with Crippen LogP contribution in [-0.4, -0.2) is 46.4 Å². The maximum absolute atomic E-state index is 13.0. The molecule has 22 heavy (non-hydrogen) atoms. The standard InChI is InChI=1S/C17H27N3O2/c1-12(2)20-14(7-9-18-20)16(21)19-10-8-17(3)11-13(22-4)5-6-15(17)19/h7,9,12-13,15H,5-6,8,10-11H2,1-4H3/t13-,15-,17+/m1/s1. The first kappa shape index (κ1) is 15.5. The topological polar surface area (TPSA) is 47.4 Å². The zero-order chi connectivity index (χ0) is 15.9. The zero-order valence-electron chi connectivity index (χ0n) is 14.1. The molecule has 0 unspecified atom stereocenters. The van der Waals surface area contributed by atoms with Gasteiger partial charge in [0.15, 0.2) is 0 Å². The summed E-state index contributed by atoms with van der Waals surface area (Å²) < 4.78 is 7.40. The molecule has 1 aliphatic heterocycles. The van der Waals surface area contributed by atoms with Crippen LogP contribution in [0.25, 0.3) is 0 Å². The molecule has 122 valence electrons. The van der Waals surface area contributed by atoms with Crippen LogP contribution >= 0.6 is 0 Å². The van der Waals surface area contributed by atoms with Gasteiger partial charge in [-0.3, -0.25) is 9.48 Å². The summed E-state index contributed by atoms with van der Waals surface area (Å²) in [5.41, 5.74) is 0.908. The fraction of sp³-hybridized carbons (Fsp3) is 0.765. The minimum absolute atomic E-state index is 0.135. The lowest BCUT2D eigenvalue weighted by Crippen LogP contribution is -2.47. The Morgan fingerprint density at radius 3 is 2.91 bits per heavy atom. The molecule has 1 amide bonds. The number of likely N-dealkylation sites (tertiary alicyclic amines) is 1. The van der Waals surface area contributed by atoms with E-state index >= 15 is 0 Å². The second-order valence-electron chi connectivity index (χ2n) is 7.31. The number of ether oxygens (including phenoxy) is 1. The van der Waals surface area contributed by atoms with Crippen molar-refractivity contribution in [3.05, 3.63) is 18.0 Å². The maximum Gasteiger partial charge on any atom is 0.272 e. The van der Waals surface area contributed by atoms with Crippen molar-refractivity contribution in [1.29, 1.82) is 0 Å². The predicted molar refractivity (Wildman–Crippen MR) is 84.8 cm³/mol. The fourth-order valence-corrected chi connectivity index (χ4v) is 4.27. The molecule has 3 rings (SSSR count). The zero-order valence-corrected chi connectivity index (χ0v) is 14.1. The molecule has 2 aliphatic rings. The average molecular weight is 305 g/mol. The Hall–Kier alpha value is -1.36. The molecule has 1 saturated carbocycles. The number of amides is 1. The lowest BCUT2D eigenvalue weighted by molar-refractivity contribution is -0.00301. The molecule has 0 N–H and O–H groups in total. The average Bonchev–Trinajstić information content (AvgIpc) is 3.09. The third kappa shape index (κ3) is 2.45. The van der Waals surface area contributed by atoms with Gasteiger partial charge in [0.05, 0.1) is 6.10 Å². The second kappa shape index (κ2) is 5.69. The molecular formula is C17H27N3O2. The van der Waals surface area contributed by atoms with Gasteiger partial charge in [-0.15, -0.1) is 0 Å². The van der Waals surface area contributed by atoms with E-state index in [1.807, 2.05) is 10.7 Å². The van der Waals surface area contributed by atoms with Crippen molar-refractivity contribution >= 4 is 5.91 Å². The van der Waals surface area contributed by atoms with E-state index in [0.29, 0.717) is 17.8 Å². The number of aromatic nitrogens is 2. The van der Waals surface area contributed by atoms with Crippen molar-refractivity contribution in [2.24, 2.45) is 5.41 Å². The highest BCUT2D eigenvalue weighted by Gasteiger charge is 2.49. The Morgan fingerprint density at radius 2 is 2.23 bits per heavy atom. The molecule has 0 radical (unpaired) electrons. The first-order valence-electron chi connectivity index (χ1n) is 8.33. The van der Waals surface area contributed by atoms with Crippen LogP contribution in [0.4, 0.5) is 0 Å².